The number of carbonyl (C=O) groups excluding carboxylic acids is 3. The van der Waals surface area contributed by atoms with Gasteiger partial charge in [-0.3, -0.25) is 19.3 Å². The standard InChI is InChI=1S/C28H27BrN8O3/c1-14-5-8-22(29)32-23(14)34-26(39)20-9-28(4)10-21(28)37(20)27(40)35-24-19-7-6-17(18-11-30-16(3)31-12-18)13-36(19)25(33-24)15(2)38/h5-8,11-13,20-21H,9-10H2,1-4H3,(H,35,40)(H,32,34,39)/t20-,21+,28-/m0/s1. The highest BCUT2D eigenvalue weighted by atomic mass is 79.9. The number of piperidine rings is 1. The van der Waals surface area contributed by atoms with Gasteiger partial charge in [-0.25, -0.2) is 24.7 Å². The molecule has 0 radical (unpaired) electrons. The van der Waals surface area contributed by atoms with E-state index in [1.807, 2.05) is 26.0 Å². The number of hydrogen-bond acceptors (Lipinski definition) is 7. The number of halogens is 1. The predicted octanol–water partition coefficient (Wildman–Crippen LogP) is 4.79. The van der Waals surface area contributed by atoms with Crippen LogP contribution in [0.1, 0.15) is 48.7 Å². The first-order valence-corrected chi connectivity index (χ1v) is 13.7. The summed E-state index contributed by atoms with van der Waals surface area (Å²) in [4.78, 5) is 58.5. The average Bonchev–Trinajstić information content (AvgIpc) is 3.28. The zero-order valence-corrected chi connectivity index (χ0v) is 24.0. The van der Waals surface area contributed by atoms with Gasteiger partial charge < -0.3 is 10.2 Å². The Morgan fingerprint density at radius 3 is 2.45 bits per heavy atom. The number of rotatable bonds is 5. The number of likely N-dealkylation sites (tertiary alicyclic amines) is 1. The van der Waals surface area contributed by atoms with E-state index in [1.165, 1.54) is 6.92 Å². The molecule has 2 fully saturated rings. The van der Waals surface area contributed by atoms with Crippen LogP contribution in [0.5, 0.6) is 0 Å². The summed E-state index contributed by atoms with van der Waals surface area (Å²) in [6.45, 7) is 7.18. The van der Waals surface area contributed by atoms with Crippen LogP contribution in [0.3, 0.4) is 0 Å². The lowest BCUT2D eigenvalue weighted by Gasteiger charge is -2.26. The summed E-state index contributed by atoms with van der Waals surface area (Å²) in [6.07, 6.45) is 6.58. The predicted molar refractivity (Wildman–Crippen MR) is 152 cm³/mol. The molecule has 0 spiro atoms. The fourth-order valence-corrected chi connectivity index (χ4v) is 5.74. The van der Waals surface area contributed by atoms with Crippen LogP contribution in [0.2, 0.25) is 0 Å². The number of carbonyl (C=O) groups is 3. The third-order valence-electron chi connectivity index (χ3n) is 7.77. The second-order valence-electron chi connectivity index (χ2n) is 10.8. The molecule has 1 saturated carbocycles. The average molecular weight is 603 g/mol. The Bertz CT molecular complexity index is 1700. The number of hydrogen-bond donors (Lipinski definition) is 2. The zero-order chi connectivity index (χ0) is 28.3. The van der Waals surface area contributed by atoms with E-state index in [0.717, 1.165) is 23.1 Å². The van der Waals surface area contributed by atoms with Crippen molar-refractivity contribution in [1.29, 1.82) is 0 Å². The number of urea groups is 1. The molecule has 3 amide bonds. The Labute approximate surface area is 238 Å². The van der Waals surface area contributed by atoms with E-state index in [9.17, 15) is 14.4 Å². The molecule has 12 heteroatoms. The number of nitrogens with zero attached hydrogens (tertiary/aromatic N) is 6. The molecule has 1 saturated heterocycles. The molecular formula is C28H27BrN8O3. The number of pyridine rings is 2. The second-order valence-corrected chi connectivity index (χ2v) is 11.6. The van der Waals surface area contributed by atoms with Crippen molar-refractivity contribution < 1.29 is 14.4 Å². The van der Waals surface area contributed by atoms with Gasteiger partial charge in [0, 0.05) is 42.7 Å². The minimum absolute atomic E-state index is 0.0610. The number of imidazole rings is 1. The van der Waals surface area contributed by atoms with Crippen LogP contribution in [0, 0.1) is 19.3 Å². The van der Waals surface area contributed by atoms with Gasteiger partial charge in [0.1, 0.15) is 22.3 Å². The van der Waals surface area contributed by atoms with Gasteiger partial charge >= 0.3 is 6.03 Å². The zero-order valence-electron chi connectivity index (χ0n) is 22.4. The van der Waals surface area contributed by atoms with E-state index < -0.39 is 12.1 Å². The molecule has 1 aliphatic carbocycles. The number of fused-ring (bicyclic) bond motifs is 2. The normalized spacial score (nSPS) is 21.3. The van der Waals surface area contributed by atoms with Crippen LogP contribution >= 0.6 is 15.9 Å². The van der Waals surface area contributed by atoms with Crippen LogP contribution in [0.25, 0.3) is 16.6 Å². The molecule has 6 rings (SSSR count). The van der Waals surface area contributed by atoms with Gasteiger partial charge in [-0.2, -0.15) is 0 Å². The van der Waals surface area contributed by atoms with Gasteiger partial charge in [-0.1, -0.05) is 19.1 Å². The number of anilines is 2. The smallest absolute Gasteiger partial charge is 0.309 e. The summed E-state index contributed by atoms with van der Waals surface area (Å²) in [5, 5.41) is 5.78. The summed E-state index contributed by atoms with van der Waals surface area (Å²) in [7, 11) is 0. The Kier molecular flexibility index (Phi) is 6.17. The van der Waals surface area contributed by atoms with Gasteiger partial charge in [0.15, 0.2) is 17.4 Å². The number of aryl methyl sites for hydroxylation is 2. The van der Waals surface area contributed by atoms with E-state index in [4.69, 9.17) is 0 Å². The Morgan fingerprint density at radius 1 is 0.975 bits per heavy atom. The highest BCUT2D eigenvalue weighted by Crippen LogP contribution is 2.59. The third kappa shape index (κ3) is 4.51. The van der Waals surface area contributed by atoms with Crippen molar-refractivity contribution in [2.24, 2.45) is 5.41 Å². The van der Waals surface area contributed by atoms with Gasteiger partial charge in [0.25, 0.3) is 0 Å². The van der Waals surface area contributed by atoms with Crippen molar-refractivity contribution in [2.75, 3.05) is 10.6 Å². The lowest BCUT2D eigenvalue weighted by atomic mass is 10.0. The molecule has 3 atom stereocenters. The van der Waals surface area contributed by atoms with E-state index >= 15 is 0 Å². The summed E-state index contributed by atoms with van der Waals surface area (Å²) >= 11 is 3.34. The molecule has 0 unspecified atom stereocenters. The Hall–Kier alpha value is -4.19. The van der Waals surface area contributed by atoms with Gasteiger partial charge in [-0.15, -0.1) is 0 Å². The van der Waals surface area contributed by atoms with Crippen LogP contribution < -0.4 is 10.6 Å². The van der Waals surface area contributed by atoms with Crippen molar-refractivity contribution >= 4 is 50.8 Å². The van der Waals surface area contributed by atoms with Crippen molar-refractivity contribution in [1.82, 2.24) is 29.2 Å². The van der Waals surface area contributed by atoms with Crippen molar-refractivity contribution in [3.05, 3.63) is 64.7 Å². The van der Waals surface area contributed by atoms with Crippen LogP contribution in [0.15, 0.2) is 47.5 Å². The molecule has 2 aliphatic rings. The molecule has 0 bridgehead atoms. The lowest BCUT2D eigenvalue weighted by molar-refractivity contribution is -0.120. The summed E-state index contributed by atoms with van der Waals surface area (Å²) in [6, 6.07) is 6.16. The molecule has 11 nitrogen and oxygen atoms in total. The van der Waals surface area contributed by atoms with Crippen LogP contribution in [-0.2, 0) is 4.79 Å². The van der Waals surface area contributed by atoms with E-state index in [2.05, 4.69) is 53.4 Å². The van der Waals surface area contributed by atoms with E-state index in [0.29, 0.717) is 28.2 Å². The maximum Gasteiger partial charge on any atom is 0.324 e. The molecule has 2 N–H and O–H groups in total. The van der Waals surface area contributed by atoms with Crippen LogP contribution in [0.4, 0.5) is 16.4 Å². The van der Waals surface area contributed by atoms with Gasteiger partial charge in [0.05, 0.1) is 5.52 Å². The number of nitrogens with one attached hydrogen (secondary N) is 2. The molecule has 0 aromatic carbocycles. The maximum atomic E-state index is 13.7. The first kappa shape index (κ1) is 26.1. The van der Waals surface area contributed by atoms with Crippen LogP contribution in [-0.4, -0.2) is 59.0 Å². The van der Waals surface area contributed by atoms with Gasteiger partial charge in [-0.05, 0) is 65.7 Å². The lowest BCUT2D eigenvalue weighted by Crippen LogP contribution is -2.47. The largest absolute Gasteiger partial charge is 0.324 e. The third-order valence-corrected chi connectivity index (χ3v) is 8.21. The molecule has 4 aromatic heterocycles. The van der Waals surface area contributed by atoms with E-state index in [1.54, 1.807) is 40.0 Å². The summed E-state index contributed by atoms with van der Waals surface area (Å²) in [5.41, 5.74) is 2.84. The SMILES string of the molecule is CC(=O)c1nc(NC(=O)N2[C@H](C(=O)Nc3nc(Br)ccc3C)C[C@@]3(C)C[C@@H]23)c2ccc(-c3cnc(C)nc3)cn12. The minimum Gasteiger partial charge on any atom is -0.309 e. The molecule has 40 heavy (non-hydrogen) atoms. The summed E-state index contributed by atoms with van der Waals surface area (Å²) in [5.74, 6) is 0.999. The quantitative estimate of drug-likeness (QED) is 0.247. The number of amides is 3. The fourth-order valence-electron chi connectivity index (χ4n) is 5.43. The fraction of sp³-hybridized carbons (Fsp3) is 0.321. The molecular weight excluding hydrogens is 576 g/mol. The maximum absolute atomic E-state index is 13.7. The topological polar surface area (TPSA) is 134 Å². The number of aromatic nitrogens is 5. The first-order chi connectivity index (χ1) is 19.0. The highest BCUT2D eigenvalue weighted by molar-refractivity contribution is 9.10. The minimum atomic E-state index is -0.668. The summed E-state index contributed by atoms with van der Waals surface area (Å²) < 4.78 is 2.26. The molecule has 4 aromatic rings. The second kappa shape index (κ2) is 9.47. The van der Waals surface area contributed by atoms with Crippen molar-refractivity contribution in [2.45, 2.75) is 52.6 Å². The highest BCUT2D eigenvalue weighted by Gasteiger charge is 2.64. The Morgan fingerprint density at radius 2 is 1.73 bits per heavy atom. The molecule has 1 aliphatic heterocycles. The number of Topliss-reactive ketones (excluding diaryl/α,β-unsaturated/α-hetero) is 1. The Balaban J connectivity index is 1.29. The molecule has 204 valence electrons. The first-order valence-electron chi connectivity index (χ1n) is 12.9. The monoisotopic (exact) mass is 602 g/mol. The number of ketones is 1. The molecule has 5 heterocycles. The van der Waals surface area contributed by atoms with Crippen molar-refractivity contribution in [3.8, 4) is 11.1 Å². The van der Waals surface area contributed by atoms with Crippen molar-refractivity contribution in [3.63, 3.8) is 0 Å². The van der Waals surface area contributed by atoms with E-state index in [-0.39, 0.29) is 34.8 Å². The van der Waals surface area contributed by atoms with Gasteiger partial charge in [0.2, 0.25) is 5.91 Å².